The van der Waals surface area contributed by atoms with Crippen LogP contribution in [0.1, 0.15) is 29.8 Å². The van der Waals surface area contributed by atoms with Gasteiger partial charge in [0.25, 0.3) is 5.91 Å². The minimum absolute atomic E-state index is 0.193. The molecule has 4 nitrogen and oxygen atoms in total. The summed E-state index contributed by atoms with van der Waals surface area (Å²) in [6, 6.07) is 14.8. The minimum Gasteiger partial charge on any atom is -0.490 e. The number of rotatable bonds is 6. The van der Waals surface area contributed by atoms with Crippen molar-refractivity contribution in [1.82, 2.24) is 5.32 Å². The summed E-state index contributed by atoms with van der Waals surface area (Å²) in [6.45, 7) is 5.13. The molecule has 0 bridgehead atoms. The lowest BCUT2D eigenvalue weighted by atomic mass is 10.2. The standard InChI is InChI=1S/C20H21NO3/c1-3-23-18-13-12-17(15-19(18)24-4-2)20(22)21-14-8-11-16-9-6-5-7-10-16/h5-7,9-10,12-13,15H,3-4,14H2,1-2H3,(H,21,22). The minimum atomic E-state index is -0.193. The Morgan fingerprint density at radius 2 is 1.71 bits per heavy atom. The Hall–Kier alpha value is -2.93. The molecule has 24 heavy (non-hydrogen) atoms. The Labute approximate surface area is 142 Å². The van der Waals surface area contributed by atoms with Crippen molar-refractivity contribution in [3.8, 4) is 23.3 Å². The first-order valence-electron chi connectivity index (χ1n) is 7.96. The van der Waals surface area contributed by atoms with Crippen LogP contribution in [-0.2, 0) is 0 Å². The Bertz CT molecular complexity index is 730. The summed E-state index contributed by atoms with van der Waals surface area (Å²) in [5.74, 6) is 6.95. The van der Waals surface area contributed by atoms with Crippen LogP contribution >= 0.6 is 0 Å². The van der Waals surface area contributed by atoms with Crippen molar-refractivity contribution >= 4 is 5.91 Å². The highest BCUT2D eigenvalue weighted by Gasteiger charge is 2.10. The van der Waals surface area contributed by atoms with E-state index in [-0.39, 0.29) is 12.5 Å². The molecule has 0 saturated heterocycles. The predicted octanol–water partition coefficient (Wildman–Crippen LogP) is 3.27. The van der Waals surface area contributed by atoms with Gasteiger partial charge in [-0.1, -0.05) is 30.0 Å². The monoisotopic (exact) mass is 323 g/mol. The molecule has 0 spiro atoms. The van der Waals surface area contributed by atoms with Crippen molar-refractivity contribution in [1.29, 1.82) is 0 Å². The summed E-state index contributed by atoms with van der Waals surface area (Å²) in [5, 5.41) is 2.78. The SMILES string of the molecule is CCOc1ccc(C(=O)NCC#Cc2ccccc2)cc1OCC. The molecule has 0 heterocycles. The number of amides is 1. The lowest BCUT2D eigenvalue weighted by molar-refractivity contribution is 0.0958. The van der Waals surface area contributed by atoms with Gasteiger partial charge in [0.05, 0.1) is 19.8 Å². The van der Waals surface area contributed by atoms with Crippen LogP contribution in [0.4, 0.5) is 0 Å². The topological polar surface area (TPSA) is 47.6 Å². The number of carbonyl (C=O) groups is 1. The highest BCUT2D eigenvalue weighted by atomic mass is 16.5. The van der Waals surface area contributed by atoms with E-state index in [4.69, 9.17) is 9.47 Å². The molecule has 0 aliphatic heterocycles. The molecule has 4 heteroatoms. The second-order valence-electron chi connectivity index (χ2n) is 4.88. The van der Waals surface area contributed by atoms with E-state index in [0.29, 0.717) is 30.3 Å². The van der Waals surface area contributed by atoms with Crippen molar-refractivity contribution in [2.24, 2.45) is 0 Å². The van der Waals surface area contributed by atoms with Crippen LogP contribution in [0.3, 0.4) is 0 Å². The second-order valence-corrected chi connectivity index (χ2v) is 4.88. The zero-order valence-electron chi connectivity index (χ0n) is 14.0. The summed E-state index contributed by atoms with van der Waals surface area (Å²) >= 11 is 0. The summed E-state index contributed by atoms with van der Waals surface area (Å²) < 4.78 is 11.0. The van der Waals surface area contributed by atoms with E-state index >= 15 is 0 Å². The third kappa shape index (κ3) is 5.06. The van der Waals surface area contributed by atoms with Crippen LogP contribution in [0.15, 0.2) is 48.5 Å². The molecule has 0 aliphatic carbocycles. The molecule has 124 valence electrons. The fourth-order valence-electron chi connectivity index (χ4n) is 2.09. The van der Waals surface area contributed by atoms with Crippen molar-refractivity contribution < 1.29 is 14.3 Å². The van der Waals surface area contributed by atoms with Gasteiger partial charge in [0, 0.05) is 11.1 Å². The van der Waals surface area contributed by atoms with Crippen LogP contribution in [0.5, 0.6) is 11.5 Å². The normalized spacial score (nSPS) is 9.58. The molecule has 1 amide bonds. The molecule has 0 saturated carbocycles. The Kier molecular flexibility index (Phi) is 6.73. The molecule has 0 fully saturated rings. The lowest BCUT2D eigenvalue weighted by Gasteiger charge is -2.12. The van der Waals surface area contributed by atoms with E-state index in [1.165, 1.54) is 0 Å². The summed E-state index contributed by atoms with van der Waals surface area (Å²) in [6.07, 6.45) is 0. The fourth-order valence-corrected chi connectivity index (χ4v) is 2.09. The smallest absolute Gasteiger partial charge is 0.252 e. The lowest BCUT2D eigenvalue weighted by Crippen LogP contribution is -2.23. The largest absolute Gasteiger partial charge is 0.490 e. The molecule has 0 aliphatic rings. The van der Waals surface area contributed by atoms with Gasteiger partial charge in [-0.3, -0.25) is 4.79 Å². The highest BCUT2D eigenvalue weighted by Crippen LogP contribution is 2.28. The average Bonchev–Trinajstić information content (AvgIpc) is 2.61. The maximum Gasteiger partial charge on any atom is 0.252 e. The number of benzene rings is 2. The third-order valence-corrected chi connectivity index (χ3v) is 3.15. The van der Waals surface area contributed by atoms with Crippen LogP contribution in [0.25, 0.3) is 0 Å². The van der Waals surface area contributed by atoms with Gasteiger partial charge in [-0.25, -0.2) is 0 Å². The maximum absolute atomic E-state index is 12.2. The predicted molar refractivity (Wildman–Crippen MR) is 94.4 cm³/mol. The van der Waals surface area contributed by atoms with Crippen LogP contribution in [0.2, 0.25) is 0 Å². The molecule has 2 aromatic carbocycles. The average molecular weight is 323 g/mol. The van der Waals surface area contributed by atoms with Crippen LogP contribution in [-0.4, -0.2) is 25.7 Å². The molecule has 1 N–H and O–H groups in total. The molecule has 0 radical (unpaired) electrons. The quantitative estimate of drug-likeness (QED) is 0.830. The van der Waals surface area contributed by atoms with Gasteiger partial charge < -0.3 is 14.8 Å². The van der Waals surface area contributed by atoms with Gasteiger partial charge >= 0.3 is 0 Å². The molecule has 0 atom stereocenters. The van der Waals surface area contributed by atoms with E-state index < -0.39 is 0 Å². The molecule has 2 aromatic rings. The zero-order valence-corrected chi connectivity index (χ0v) is 14.0. The third-order valence-electron chi connectivity index (χ3n) is 3.15. The summed E-state index contributed by atoms with van der Waals surface area (Å²) in [7, 11) is 0. The summed E-state index contributed by atoms with van der Waals surface area (Å²) in [5.41, 5.74) is 1.44. The van der Waals surface area contributed by atoms with Gasteiger partial charge in [0.1, 0.15) is 0 Å². The van der Waals surface area contributed by atoms with Gasteiger partial charge in [-0.2, -0.15) is 0 Å². The van der Waals surface area contributed by atoms with E-state index in [1.54, 1.807) is 18.2 Å². The maximum atomic E-state index is 12.2. The first kappa shape index (κ1) is 17.4. The molecule has 0 aromatic heterocycles. The van der Waals surface area contributed by atoms with Crippen molar-refractivity contribution in [3.63, 3.8) is 0 Å². The number of hydrogen-bond acceptors (Lipinski definition) is 3. The summed E-state index contributed by atoms with van der Waals surface area (Å²) in [4.78, 5) is 12.2. The first-order chi connectivity index (χ1) is 11.7. The van der Waals surface area contributed by atoms with Crippen molar-refractivity contribution in [2.45, 2.75) is 13.8 Å². The van der Waals surface area contributed by atoms with E-state index in [0.717, 1.165) is 5.56 Å². The van der Waals surface area contributed by atoms with Gasteiger partial charge in [0.15, 0.2) is 11.5 Å². The van der Waals surface area contributed by atoms with E-state index in [9.17, 15) is 4.79 Å². The number of carbonyl (C=O) groups excluding carboxylic acids is 1. The zero-order chi connectivity index (χ0) is 17.2. The molecule has 0 unspecified atom stereocenters. The number of nitrogens with one attached hydrogen (secondary N) is 1. The highest BCUT2D eigenvalue weighted by molar-refractivity contribution is 5.95. The number of hydrogen-bond donors (Lipinski definition) is 1. The first-order valence-corrected chi connectivity index (χ1v) is 7.96. The van der Waals surface area contributed by atoms with Gasteiger partial charge in [-0.15, -0.1) is 0 Å². The Morgan fingerprint density at radius 1 is 1.00 bits per heavy atom. The second kappa shape index (κ2) is 9.26. The van der Waals surface area contributed by atoms with Crippen LogP contribution in [0, 0.1) is 11.8 Å². The van der Waals surface area contributed by atoms with E-state index in [2.05, 4.69) is 17.2 Å². The molecule has 2 rings (SSSR count). The Balaban J connectivity index is 1.99. The van der Waals surface area contributed by atoms with Crippen molar-refractivity contribution in [2.75, 3.05) is 19.8 Å². The van der Waals surface area contributed by atoms with Crippen LogP contribution < -0.4 is 14.8 Å². The Morgan fingerprint density at radius 3 is 2.42 bits per heavy atom. The number of ether oxygens (including phenoxy) is 2. The van der Waals surface area contributed by atoms with Gasteiger partial charge in [-0.05, 0) is 44.2 Å². The van der Waals surface area contributed by atoms with E-state index in [1.807, 2.05) is 44.2 Å². The fraction of sp³-hybridized carbons (Fsp3) is 0.250. The molecular weight excluding hydrogens is 302 g/mol. The molecular formula is C20H21NO3. The van der Waals surface area contributed by atoms with Crippen molar-refractivity contribution in [3.05, 3.63) is 59.7 Å². The van der Waals surface area contributed by atoms with Gasteiger partial charge in [0.2, 0.25) is 0 Å².